The number of benzene rings is 2. The Bertz CT molecular complexity index is 845. The maximum absolute atomic E-state index is 11.5. The largest absolute Gasteiger partial charge is 0.298 e. The topological polar surface area (TPSA) is 34.9 Å². The average Bonchev–Trinajstić information content (AvgIpc) is 2.99. The fourth-order valence-electron chi connectivity index (χ4n) is 2.91. The van der Waals surface area contributed by atoms with E-state index in [0.29, 0.717) is 11.5 Å². The summed E-state index contributed by atoms with van der Waals surface area (Å²) in [5.41, 5.74) is 5.72. The van der Waals surface area contributed by atoms with Crippen LogP contribution in [0.1, 0.15) is 35.3 Å². The first kappa shape index (κ1) is 16.2. The van der Waals surface area contributed by atoms with Crippen molar-refractivity contribution in [3.63, 3.8) is 0 Å². The molecule has 0 atom stereocenters. The molecule has 3 heteroatoms. The third kappa shape index (κ3) is 3.30. The Morgan fingerprint density at radius 3 is 2.42 bits per heavy atom. The fourth-order valence-corrected chi connectivity index (χ4v) is 2.91. The third-order valence-corrected chi connectivity index (χ3v) is 4.10. The molecule has 1 aromatic heterocycles. The van der Waals surface area contributed by atoms with Gasteiger partial charge >= 0.3 is 0 Å². The molecule has 3 nitrogen and oxygen atoms in total. The predicted molar refractivity (Wildman–Crippen MR) is 97.7 cm³/mol. The molecule has 0 N–H and O–H groups in total. The minimum atomic E-state index is 0.606. The van der Waals surface area contributed by atoms with E-state index < -0.39 is 0 Å². The highest BCUT2D eigenvalue weighted by molar-refractivity contribution is 5.85. The summed E-state index contributed by atoms with van der Waals surface area (Å²) in [6.07, 6.45) is 3.73. The van der Waals surface area contributed by atoms with Gasteiger partial charge in [0.1, 0.15) is 5.69 Å². The van der Waals surface area contributed by atoms with Crippen LogP contribution in [0.5, 0.6) is 0 Å². The summed E-state index contributed by atoms with van der Waals surface area (Å²) in [4.78, 5) is 11.5. The number of para-hydroxylation sites is 1. The lowest BCUT2D eigenvalue weighted by Crippen LogP contribution is -1.97. The Kier molecular flexibility index (Phi) is 4.61. The van der Waals surface area contributed by atoms with E-state index in [0.717, 1.165) is 35.2 Å². The molecule has 0 fully saturated rings. The number of aromatic nitrogens is 2. The van der Waals surface area contributed by atoms with Crippen molar-refractivity contribution < 1.29 is 4.79 Å². The number of nitrogens with zero attached hydrogens (tertiary/aromatic N) is 2. The van der Waals surface area contributed by atoms with Crippen LogP contribution in [0, 0.1) is 12.8 Å². The normalized spacial score (nSPS) is 11.0. The van der Waals surface area contributed by atoms with Crippen LogP contribution in [0.2, 0.25) is 0 Å². The lowest BCUT2D eigenvalue weighted by Gasteiger charge is -2.06. The van der Waals surface area contributed by atoms with Crippen LogP contribution in [0.25, 0.3) is 16.9 Å². The van der Waals surface area contributed by atoms with Gasteiger partial charge in [-0.3, -0.25) is 4.79 Å². The molecule has 0 aliphatic rings. The number of carbonyl (C=O) groups is 1. The van der Waals surface area contributed by atoms with Crippen molar-refractivity contribution in [1.29, 1.82) is 0 Å². The van der Waals surface area contributed by atoms with E-state index in [4.69, 9.17) is 0 Å². The zero-order valence-corrected chi connectivity index (χ0v) is 14.4. The first-order chi connectivity index (χ1) is 11.6. The van der Waals surface area contributed by atoms with Crippen molar-refractivity contribution in [3.8, 4) is 16.9 Å². The quantitative estimate of drug-likeness (QED) is 0.630. The molecule has 0 saturated heterocycles. The van der Waals surface area contributed by atoms with Gasteiger partial charge < -0.3 is 0 Å². The van der Waals surface area contributed by atoms with Crippen molar-refractivity contribution >= 4 is 6.29 Å². The standard InChI is InChI=1S/C21H22N2O/c1-15(2)12-17-8-10-18(11-9-17)21-19(14-24)13-23(22-21)20-7-5-4-6-16(20)3/h4-11,13-15H,12H2,1-3H3. The second-order valence-electron chi connectivity index (χ2n) is 6.58. The van der Waals surface area contributed by atoms with E-state index in [9.17, 15) is 4.79 Å². The Morgan fingerprint density at radius 2 is 1.79 bits per heavy atom. The molecule has 1 heterocycles. The van der Waals surface area contributed by atoms with E-state index in [1.165, 1.54) is 5.56 Å². The number of hydrogen-bond donors (Lipinski definition) is 0. The number of aryl methyl sites for hydroxylation is 1. The summed E-state index contributed by atoms with van der Waals surface area (Å²) < 4.78 is 1.79. The van der Waals surface area contributed by atoms with E-state index in [2.05, 4.69) is 43.2 Å². The summed E-state index contributed by atoms with van der Waals surface area (Å²) in [6.45, 7) is 6.46. The van der Waals surface area contributed by atoms with Gasteiger partial charge in [0.25, 0.3) is 0 Å². The Morgan fingerprint density at radius 1 is 1.08 bits per heavy atom. The summed E-state index contributed by atoms with van der Waals surface area (Å²) in [5, 5.41) is 4.66. The highest BCUT2D eigenvalue weighted by Gasteiger charge is 2.12. The Balaban J connectivity index is 1.99. The van der Waals surface area contributed by atoms with Crippen LogP contribution in [0.3, 0.4) is 0 Å². The Hall–Kier alpha value is -2.68. The SMILES string of the molecule is Cc1ccccc1-n1cc(C=O)c(-c2ccc(CC(C)C)cc2)n1. The molecule has 0 bridgehead atoms. The highest BCUT2D eigenvalue weighted by Crippen LogP contribution is 2.24. The smallest absolute Gasteiger partial charge is 0.153 e. The van der Waals surface area contributed by atoms with Crippen LogP contribution in [-0.2, 0) is 6.42 Å². The number of hydrogen-bond acceptors (Lipinski definition) is 2. The van der Waals surface area contributed by atoms with Gasteiger partial charge in [0, 0.05) is 11.8 Å². The predicted octanol–water partition coefficient (Wildman–Crippen LogP) is 4.86. The summed E-state index contributed by atoms with van der Waals surface area (Å²) >= 11 is 0. The van der Waals surface area contributed by atoms with E-state index in [-0.39, 0.29) is 0 Å². The van der Waals surface area contributed by atoms with Crippen LogP contribution in [0.4, 0.5) is 0 Å². The van der Waals surface area contributed by atoms with Gasteiger partial charge in [-0.1, -0.05) is 56.3 Å². The van der Waals surface area contributed by atoms with Gasteiger partial charge in [-0.2, -0.15) is 5.10 Å². The molecule has 2 aromatic carbocycles. The molecule has 24 heavy (non-hydrogen) atoms. The molecule has 0 aliphatic carbocycles. The molecule has 3 rings (SSSR count). The van der Waals surface area contributed by atoms with Crippen LogP contribution < -0.4 is 0 Å². The minimum absolute atomic E-state index is 0.606. The molecular formula is C21H22N2O. The van der Waals surface area contributed by atoms with Crippen molar-refractivity contribution in [2.45, 2.75) is 27.2 Å². The van der Waals surface area contributed by atoms with Crippen molar-refractivity contribution in [2.24, 2.45) is 5.92 Å². The fraction of sp³-hybridized carbons (Fsp3) is 0.238. The lowest BCUT2D eigenvalue weighted by molar-refractivity contribution is 0.112. The van der Waals surface area contributed by atoms with Crippen molar-refractivity contribution in [3.05, 3.63) is 71.4 Å². The molecule has 0 amide bonds. The van der Waals surface area contributed by atoms with Gasteiger partial charge in [0.2, 0.25) is 0 Å². The number of aldehydes is 1. The maximum Gasteiger partial charge on any atom is 0.153 e. The first-order valence-corrected chi connectivity index (χ1v) is 8.28. The molecule has 0 spiro atoms. The molecule has 0 unspecified atom stereocenters. The molecule has 122 valence electrons. The van der Waals surface area contributed by atoms with Crippen LogP contribution in [0.15, 0.2) is 54.7 Å². The number of carbonyl (C=O) groups excluding carboxylic acids is 1. The second-order valence-corrected chi connectivity index (χ2v) is 6.58. The van der Waals surface area contributed by atoms with Crippen molar-refractivity contribution in [2.75, 3.05) is 0 Å². The molecule has 3 aromatic rings. The summed E-state index contributed by atoms with van der Waals surface area (Å²) in [5.74, 6) is 0.627. The first-order valence-electron chi connectivity index (χ1n) is 8.28. The zero-order valence-electron chi connectivity index (χ0n) is 14.4. The zero-order chi connectivity index (χ0) is 17.1. The summed E-state index contributed by atoms with van der Waals surface area (Å²) in [6, 6.07) is 16.4. The van der Waals surface area contributed by atoms with Gasteiger partial charge in [-0.05, 0) is 36.5 Å². The molecule has 0 saturated carbocycles. The van der Waals surface area contributed by atoms with Crippen LogP contribution >= 0.6 is 0 Å². The van der Waals surface area contributed by atoms with E-state index in [1.54, 1.807) is 10.9 Å². The third-order valence-electron chi connectivity index (χ3n) is 4.10. The van der Waals surface area contributed by atoms with Gasteiger partial charge in [0.15, 0.2) is 6.29 Å². The molecule has 0 aliphatic heterocycles. The van der Waals surface area contributed by atoms with Gasteiger partial charge in [-0.15, -0.1) is 0 Å². The van der Waals surface area contributed by atoms with Gasteiger partial charge in [0.05, 0.1) is 11.3 Å². The second kappa shape index (κ2) is 6.83. The minimum Gasteiger partial charge on any atom is -0.298 e. The average molecular weight is 318 g/mol. The summed E-state index contributed by atoms with van der Waals surface area (Å²) in [7, 11) is 0. The number of rotatable bonds is 5. The Labute approximate surface area is 143 Å². The van der Waals surface area contributed by atoms with Crippen molar-refractivity contribution in [1.82, 2.24) is 9.78 Å². The monoisotopic (exact) mass is 318 g/mol. The van der Waals surface area contributed by atoms with E-state index >= 15 is 0 Å². The molecule has 0 radical (unpaired) electrons. The molecular weight excluding hydrogens is 296 g/mol. The van der Waals surface area contributed by atoms with Crippen LogP contribution in [-0.4, -0.2) is 16.1 Å². The maximum atomic E-state index is 11.5. The lowest BCUT2D eigenvalue weighted by atomic mass is 10.0. The van der Waals surface area contributed by atoms with Gasteiger partial charge in [-0.25, -0.2) is 4.68 Å². The highest BCUT2D eigenvalue weighted by atomic mass is 16.1. The van der Waals surface area contributed by atoms with E-state index in [1.807, 2.05) is 31.2 Å².